The molecule has 0 spiro atoms. The number of esters is 2. The summed E-state index contributed by atoms with van der Waals surface area (Å²) in [5.41, 5.74) is 1.65. The first-order chi connectivity index (χ1) is 16.4. The van der Waals surface area contributed by atoms with E-state index in [2.05, 4.69) is 5.32 Å². The minimum atomic E-state index is -4.07. The van der Waals surface area contributed by atoms with Gasteiger partial charge in [-0.05, 0) is 36.9 Å². The quantitative estimate of drug-likeness (QED) is 0.323. The first kappa shape index (κ1) is 26.1. The average molecular weight is 490 g/mol. The highest BCUT2D eigenvalue weighted by Gasteiger charge is 2.32. The zero-order chi connectivity index (χ0) is 24.2. The fourth-order valence-corrected chi connectivity index (χ4v) is 5.08. The monoisotopic (exact) mass is 489 g/mol. The smallest absolute Gasteiger partial charge is 0.329 e. The van der Waals surface area contributed by atoms with Crippen molar-refractivity contribution in [1.29, 1.82) is 0 Å². The van der Waals surface area contributed by atoms with Gasteiger partial charge in [0.05, 0.1) is 18.7 Å². The summed E-state index contributed by atoms with van der Waals surface area (Å²) in [7, 11) is -4.07. The number of hydrogen-bond donors (Lipinski definition) is 2. The molecule has 0 radical (unpaired) electrons. The second-order valence-corrected chi connectivity index (χ2v) is 10.3. The second-order valence-electron chi connectivity index (χ2n) is 8.38. The molecule has 1 aliphatic heterocycles. The molecule has 0 aliphatic carbocycles. The van der Waals surface area contributed by atoms with E-state index in [0.717, 1.165) is 30.5 Å². The largest absolute Gasteiger partial charge is 0.461 e. The van der Waals surface area contributed by atoms with Gasteiger partial charge in [-0.25, -0.2) is 0 Å². The Labute approximate surface area is 200 Å². The molecule has 2 aromatic carbocycles. The number of rotatable bonds is 13. The molecule has 2 N–H and O–H groups in total. The fourth-order valence-electron chi connectivity index (χ4n) is 3.67. The van der Waals surface area contributed by atoms with E-state index < -0.39 is 31.6 Å². The van der Waals surface area contributed by atoms with Gasteiger partial charge in [-0.2, -0.15) is 0 Å². The van der Waals surface area contributed by atoms with Gasteiger partial charge < -0.3 is 24.2 Å². The SMILES string of the molecule is O=C(CCC(CP(=O)(O)OC[C@@H]1CCCN1)C(=O)OCc1ccccc1)OCc1ccccc1. The number of hydrogen-bond acceptors (Lipinski definition) is 7. The van der Waals surface area contributed by atoms with Crippen molar-refractivity contribution in [2.75, 3.05) is 19.3 Å². The maximum absolute atomic E-state index is 12.8. The molecule has 8 nitrogen and oxygen atoms in total. The Balaban J connectivity index is 1.54. The normalized spacial score (nSPS) is 18.1. The van der Waals surface area contributed by atoms with Crippen LogP contribution < -0.4 is 5.32 Å². The van der Waals surface area contributed by atoms with Gasteiger partial charge in [0.15, 0.2) is 0 Å². The van der Waals surface area contributed by atoms with Crippen LogP contribution in [0.5, 0.6) is 0 Å². The van der Waals surface area contributed by atoms with Crippen LogP contribution in [0, 0.1) is 5.92 Å². The summed E-state index contributed by atoms with van der Waals surface area (Å²) in [6.45, 7) is 1.11. The van der Waals surface area contributed by atoms with Crippen LogP contribution in [0.4, 0.5) is 0 Å². The zero-order valence-electron chi connectivity index (χ0n) is 19.1. The van der Waals surface area contributed by atoms with E-state index in [1.807, 2.05) is 60.7 Å². The lowest BCUT2D eigenvalue weighted by Gasteiger charge is -2.20. The van der Waals surface area contributed by atoms with E-state index in [9.17, 15) is 19.0 Å². The molecule has 3 atom stereocenters. The summed E-state index contributed by atoms with van der Waals surface area (Å²) in [6, 6.07) is 18.4. The molecule has 0 aromatic heterocycles. The van der Waals surface area contributed by atoms with Crippen molar-refractivity contribution < 1.29 is 33.0 Å². The Morgan fingerprint density at radius 3 is 2.21 bits per heavy atom. The summed E-state index contributed by atoms with van der Waals surface area (Å²) < 4.78 is 28.6. The second kappa shape index (κ2) is 13.4. The molecule has 1 fully saturated rings. The van der Waals surface area contributed by atoms with Crippen LogP contribution in [0.15, 0.2) is 60.7 Å². The van der Waals surface area contributed by atoms with E-state index >= 15 is 0 Å². The minimum Gasteiger partial charge on any atom is -0.461 e. The predicted octanol–water partition coefficient (Wildman–Crippen LogP) is 3.82. The third kappa shape index (κ3) is 9.39. The molecule has 1 aliphatic rings. The Bertz CT molecular complexity index is 948. The van der Waals surface area contributed by atoms with Crippen LogP contribution in [0.2, 0.25) is 0 Å². The highest BCUT2D eigenvalue weighted by Crippen LogP contribution is 2.45. The molecule has 1 saturated heterocycles. The van der Waals surface area contributed by atoms with Crippen molar-refractivity contribution in [3.63, 3.8) is 0 Å². The van der Waals surface area contributed by atoms with E-state index in [4.69, 9.17) is 14.0 Å². The molecule has 0 bridgehead atoms. The van der Waals surface area contributed by atoms with Crippen LogP contribution in [0.3, 0.4) is 0 Å². The first-order valence-electron chi connectivity index (χ1n) is 11.5. The van der Waals surface area contributed by atoms with Crippen molar-refractivity contribution in [2.45, 2.75) is 44.9 Å². The third-order valence-electron chi connectivity index (χ3n) is 5.59. The maximum atomic E-state index is 12.8. The summed E-state index contributed by atoms with van der Waals surface area (Å²) in [4.78, 5) is 35.4. The highest BCUT2D eigenvalue weighted by molar-refractivity contribution is 7.52. The molecule has 2 aromatic rings. The van der Waals surface area contributed by atoms with Gasteiger partial charge in [-0.15, -0.1) is 0 Å². The van der Waals surface area contributed by atoms with E-state index in [1.165, 1.54) is 0 Å². The number of benzene rings is 2. The van der Waals surface area contributed by atoms with E-state index in [0.29, 0.717) is 0 Å². The molecule has 34 heavy (non-hydrogen) atoms. The first-order valence-corrected chi connectivity index (χ1v) is 13.3. The van der Waals surface area contributed by atoms with Crippen molar-refractivity contribution in [2.24, 2.45) is 5.92 Å². The molecule has 9 heteroatoms. The Kier molecular flexibility index (Phi) is 10.3. The van der Waals surface area contributed by atoms with Crippen LogP contribution >= 0.6 is 7.60 Å². The van der Waals surface area contributed by atoms with Gasteiger partial charge >= 0.3 is 19.5 Å². The lowest BCUT2D eigenvalue weighted by Crippen LogP contribution is -2.27. The van der Waals surface area contributed by atoms with Crippen LogP contribution in [0.1, 0.15) is 36.8 Å². The summed E-state index contributed by atoms with van der Waals surface area (Å²) in [5.74, 6) is -2.11. The standard InChI is InChI=1S/C25H32NO7P/c27-24(31-16-20-8-3-1-4-9-20)14-13-22(25(28)32-17-21-10-5-2-6-11-21)19-34(29,30)33-18-23-12-7-15-26-23/h1-6,8-11,22-23,26H,7,12-19H2,(H,29,30)/t22?,23-/m0/s1. The Morgan fingerprint density at radius 1 is 1.00 bits per heavy atom. The predicted molar refractivity (Wildman–Crippen MR) is 127 cm³/mol. The molecule has 1 heterocycles. The van der Waals surface area contributed by atoms with Gasteiger partial charge in [-0.1, -0.05) is 60.7 Å². The molecule has 0 amide bonds. The summed E-state index contributed by atoms with van der Waals surface area (Å²) in [6.07, 6.45) is 1.39. The van der Waals surface area contributed by atoms with Gasteiger partial charge in [0, 0.05) is 12.5 Å². The van der Waals surface area contributed by atoms with Crippen LogP contribution in [-0.2, 0) is 41.4 Å². The van der Waals surface area contributed by atoms with Gasteiger partial charge in [0.2, 0.25) is 0 Å². The molecule has 2 unspecified atom stereocenters. The Morgan fingerprint density at radius 2 is 1.62 bits per heavy atom. The lowest BCUT2D eigenvalue weighted by molar-refractivity contribution is -0.150. The summed E-state index contributed by atoms with van der Waals surface area (Å²) >= 11 is 0. The van der Waals surface area contributed by atoms with Gasteiger partial charge in [0.1, 0.15) is 13.2 Å². The Hall–Kier alpha value is -2.51. The molecule has 3 rings (SSSR count). The van der Waals surface area contributed by atoms with E-state index in [1.54, 1.807) is 0 Å². The average Bonchev–Trinajstić information content (AvgIpc) is 3.38. The van der Waals surface area contributed by atoms with Crippen LogP contribution in [0.25, 0.3) is 0 Å². The number of ether oxygens (including phenoxy) is 2. The van der Waals surface area contributed by atoms with Crippen molar-refractivity contribution in [3.05, 3.63) is 71.8 Å². The highest BCUT2D eigenvalue weighted by atomic mass is 31.2. The van der Waals surface area contributed by atoms with Crippen molar-refractivity contribution in [1.82, 2.24) is 5.32 Å². The molecule has 0 saturated carbocycles. The maximum Gasteiger partial charge on any atom is 0.329 e. The molecule has 184 valence electrons. The fraction of sp³-hybridized carbons (Fsp3) is 0.440. The number of nitrogens with one attached hydrogen (secondary N) is 1. The zero-order valence-corrected chi connectivity index (χ0v) is 20.0. The summed E-state index contributed by atoms with van der Waals surface area (Å²) in [5, 5.41) is 3.20. The molecular weight excluding hydrogens is 457 g/mol. The van der Waals surface area contributed by atoms with Gasteiger partial charge in [0.25, 0.3) is 0 Å². The van der Waals surface area contributed by atoms with Gasteiger partial charge in [-0.3, -0.25) is 14.2 Å². The van der Waals surface area contributed by atoms with Crippen molar-refractivity contribution >= 4 is 19.5 Å². The van der Waals surface area contributed by atoms with Crippen LogP contribution in [-0.4, -0.2) is 42.2 Å². The minimum absolute atomic E-state index is 0.0246. The lowest BCUT2D eigenvalue weighted by atomic mass is 10.1. The van der Waals surface area contributed by atoms with E-state index in [-0.39, 0.29) is 38.7 Å². The number of carbonyl (C=O) groups excluding carboxylic acids is 2. The topological polar surface area (TPSA) is 111 Å². The molecular formula is C25H32NO7P. The third-order valence-corrected chi connectivity index (χ3v) is 7.04. The number of carbonyl (C=O) groups is 2. The van der Waals surface area contributed by atoms with Crippen molar-refractivity contribution in [3.8, 4) is 0 Å².